The molecule has 0 aliphatic carbocycles. The molecule has 0 bridgehead atoms. The molecule has 17 heavy (non-hydrogen) atoms. The first-order chi connectivity index (χ1) is 8.15. The van der Waals surface area contributed by atoms with E-state index in [1.165, 1.54) is 0 Å². The number of ether oxygens (including phenoxy) is 1. The number of aliphatic carboxylic acids is 1. The fraction of sp³-hybridized carbons (Fsp3) is 0.462. The fourth-order valence-electron chi connectivity index (χ4n) is 1.49. The number of hydrogen-bond donors (Lipinski definition) is 1. The second-order valence-corrected chi connectivity index (χ2v) is 5.08. The normalized spacial score (nSPS) is 12.1. The maximum absolute atomic E-state index is 10.6. The van der Waals surface area contributed by atoms with Crippen LogP contribution in [0.2, 0.25) is 0 Å². The number of carboxylic acids is 1. The third-order valence-corrected chi connectivity index (χ3v) is 3.95. The van der Waals surface area contributed by atoms with Gasteiger partial charge < -0.3 is 9.84 Å². The lowest BCUT2D eigenvalue weighted by Crippen LogP contribution is -2.08. The summed E-state index contributed by atoms with van der Waals surface area (Å²) >= 11 is 1.69. The van der Waals surface area contributed by atoms with Gasteiger partial charge in [-0.2, -0.15) is 11.8 Å². The van der Waals surface area contributed by atoms with Gasteiger partial charge in [0.25, 0.3) is 0 Å². The average molecular weight is 254 g/mol. The minimum absolute atomic E-state index is 0.179. The van der Waals surface area contributed by atoms with Crippen molar-refractivity contribution in [3.05, 3.63) is 29.8 Å². The topological polar surface area (TPSA) is 46.5 Å². The third-order valence-electron chi connectivity index (χ3n) is 2.48. The summed E-state index contributed by atoms with van der Waals surface area (Å²) in [5, 5.41) is 8.94. The highest BCUT2D eigenvalue weighted by atomic mass is 32.2. The van der Waals surface area contributed by atoms with Crippen LogP contribution >= 0.6 is 11.8 Å². The first kappa shape index (κ1) is 13.9. The largest absolute Gasteiger partial charge is 0.497 e. The zero-order valence-electron chi connectivity index (χ0n) is 10.2. The van der Waals surface area contributed by atoms with Crippen molar-refractivity contribution < 1.29 is 14.6 Å². The Balaban J connectivity index is 2.50. The zero-order chi connectivity index (χ0) is 12.7. The van der Waals surface area contributed by atoms with E-state index in [4.69, 9.17) is 9.84 Å². The van der Waals surface area contributed by atoms with E-state index in [1.54, 1.807) is 18.9 Å². The Kier molecular flexibility index (Phi) is 5.91. The quantitative estimate of drug-likeness (QED) is 0.811. The van der Waals surface area contributed by atoms with Gasteiger partial charge >= 0.3 is 5.97 Å². The molecule has 1 atom stereocenters. The number of carbonyl (C=O) groups is 1. The van der Waals surface area contributed by atoms with E-state index >= 15 is 0 Å². The summed E-state index contributed by atoms with van der Waals surface area (Å²) in [6.07, 6.45) is 1.10. The van der Waals surface area contributed by atoms with Crippen molar-refractivity contribution in [2.24, 2.45) is 0 Å². The van der Waals surface area contributed by atoms with Gasteiger partial charge in [0, 0.05) is 11.0 Å². The molecule has 1 aromatic carbocycles. The maximum atomic E-state index is 10.6. The number of hydrogen-bond acceptors (Lipinski definition) is 3. The maximum Gasteiger partial charge on any atom is 0.304 e. The van der Waals surface area contributed by atoms with Crippen molar-refractivity contribution in [2.75, 3.05) is 7.11 Å². The number of carboxylic acid groups (broad SMARTS) is 1. The predicted molar refractivity (Wildman–Crippen MR) is 70.6 cm³/mol. The summed E-state index contributed by atoms with van der Waals surface area (Å²) in [5.74, 6) is 0.938. The lowest BCUT2D eigenvalue weighted by atomic mass is 10.2. The van der Waals surface area contributed by atoms with E-state index in [0.717, 1.165) is 23.5 Å². The Morgan fingerprint density at radius 3 is 2.88 bits per heavy atom. The molecule has 0 aromatic heterocycles. The summed E-state index contributed by atoms with van der Waals surface area (Å²) in [5.41, 5.74) is 1.16. The highest BCUT2D eigenvalue weighted by Crippen LogP contribution is 2.24. The minimum Gasteiger partial charge on any atom is -0.497 e. The molecule has 0 heterocycles. The Hall–Kier alpha value is -1.16. The Labute approximate surface area is 106 Å². The molecule has 94 valence electrons. The molecule has 0 aliphatic heterocycles. The van der Waals surface area contributed by atoms with Crippen molar-refractivity contribution in [1.29, 1.82) is 0 Å². The smallest absolute Gasteiger partial charge is 0.304 e. The SMILES string of the molecule is CCC(CC(=O)O)SCc1cccc(OC)c1. The van der Waals surface area contributed by atoms with Crippen LogP contribution in [-0.4, -0.2) is 23.4 Å². The molecule has 1 N–H and O–H groups in total. The molecule has 3 nitrogen and oxygen atoms in total. The molecule has 4 heteroatoms. The highest BCUT2D eigenvalue weighted by molar-refractivity contribution is 7.99. The number of thioether (sulfide) groups is 1. The van der Waals surface area contributed by atoms with Crippen LogP contribution in [0.1, 0.15) is 25.3 Å². The van der Waals surface area contributed by atoms with Crippen LogP contribution in [0.25, 0.3) is 0 Å². The van der Waals surface area contributed by atoms with E-state index in [0.29, 0.717) is 0 Å². The highest BCUT2D eigenvalue weighted by Gasteiger charge is 2.11. The molecular weight excluding hydrogens is 236 g/mol. The molecule has 0 aliphatic rings. The standard InChI is InChI=1S/C13H18O3S/c1-3-12(8-13(14)15)17-9-10-5-4-6-11(7-10)16-2/h4-7,12H,3,8-9H2,1-2H3,(H,14,15). The van der Waals surface area contributed by atoms with Crippen LogP contribution in [0.5, 0.6) is 5.75 Å². The lowest BCUT2D eigenvalue weighted by molar-refractivity contribution is -0.136. The second-order valence-electron chi connectivity index (χ2n) is 3.79. The van der Waals surface area contributed by atoms with E-state index in [2.05, 4.69) is 0 Å². The molecule has 0 radical (unpaired) electrons. The van der Waals surface area contributed by atoms with Crippen LogP contribution in [0.4, 0.5) is 0 Å². The van der Waals surface area contributed by atoms with Gasteiger partial charge in [-0.05, 0) is 24.1 Å². The summed E-state index contributed by atoms with van der Waals surface area (Å²) in [7, 11) is 1.64. The van der Waals surface area contributed by atoms with Gasteiger partial charge in [0.2, 0.25) is 0 Å². The number of rotatable bonds is 7. The Morgan fingerprint density at radius 1 is 1.53 bits per heavy atom. The van der Waals surface area contributed by atoms with E-state index < -0.39 is 5.97 Å². The average Bonchev–Trinajstić information content (AvgIpc) is 2.34. The van der Waals surface area contributed by atoms with Gasteiger partial charge in [-0.3, -0.25) is 4.79 Å². The van der Waals surface area contributed by atoms with E-state index in [9.17, 15) is 4.79 Å². The molecule has 0 spiro atoms. The third kappa shape index (κ3) is 5.13. The van der Waals surface area contributed by atoms with Crippen LogP contribution < -0.4 is 4.74 Å². The van der Waals surface area contributed by atoms with E-state index in [1.807, 2.05) is 31.2 Å². The second kappa shape index (κ2) is 7.22. The molecule has 1 unspecified atom stereocenters. The number of methoxy groups -OCH3 is 1. The molecule has 0 fully saturated rings. The summed E-state index contributed by atoms with van der Waals surface area (Å²) in [6, 6.07) is 7.87. The van der Waals surface area contributed by atoms with Crippen LogP contribution in [-0.2, 0) is 10.5 Å². The van der Waals surface area contributed by atoms with Crippen LogP contribution in [0.15, 0.2) is 24.3 Å². The molecule has 0 saturated heterocycles. The Morgan fingerprint density at radius 2 is 2.29 bits per heavy atom. The van der Waals surface area contributed by atoms with Gasteiger partial charge in [-0.1, -0.05) is 19.1 Å². The summed E-state index contributed by atoms with van der Waals surface area (Å²) in [6.45, 7) is 2.02. The first-order valence-electron chi connectivity index (χ1n) is 5.62. The van der Waals surface area contributed by atoms with Crippen LogP contribution in [0, 0.1) is 0 Å². The van der Waals surface area contributed by atoms with Gasteiger partial charge in [-0.25, -0.2) is 0 Å². The molecule has 0 amide bonds. The van der Waals surface area contributed by atoms with Crippen molar-refractivity contribution in [2.45, 2.75) is 30.8 Å². The lowest BCUT2D eigenvalue weighted by Gasteiger charge is -2.12. The van der Waals surface area contributed by atoms with Gasteiger partial charge in [0.05, 0.1) is 13.5 Å². The Bertz CT molecular complexity index is 365. The minimum atomic E-state index is -0.727. The van der Waals surface area contributed by atoms with E-state index in [-0.39, 0.29) is 11.7 Å². The number of benzene rings is 1. The van der Waals surface area contributed by atoms with Crippen molar-refractivity contribution in [3.8, 4) is 5.75 Å². The summed E-state index contributed by atoms with van der Waals surface area (Å²) < 4.78 is 5.15. The van der Waals surface area contributed by atoms with Crippen molar-refractivity contribution in [1.82, 2.24) is 0 Å². The van der Waals surface area contributed by atoms with Gasteiger partial charge in [0.15, 0.2) is 0 Å². The fourth-order valence-corrected chi connectivity index (χ4v) is 2.60. The zero-order valence-corrected chi connectivity index (χ0v) is 11.0. The van der Waals surface area contributed by atoms with Crippen LogP contribution in [0.3, 0.4) is 0 Å². The molecular formula is C13H18O3S. The van der Waals surface area contributed by atoms with Crippen molar-refractivity contribution in [3.63, 3.8) is 0 Å². The molecule has 0 saturated carbocycles. The van der Waals surface area contributed by atoms with Crippen molar-refractivity contribution >= 4 is 17.7 Å². The predicted octanol–water partition coefficient (Wildman–Crippen LogP) is 3.18. The molecule has 1 rings (SSSR count). The van der Waals surface area contributed by atoms with Gasteiger partial charge in [0.1, 0.15) is 5.75 Å². The van der Waals surface area contributed by atoms with Gasteiger partial charge in [-0.15, -0.1) is 0 Å². The first-order valence-corrected chi connectivity index (χ1v) is 6.67. The monoisotopic (exact) mass is 254 g/mol. The molecule has 1 aromatic rings. The summed E-state index contributed by atoms with van der Waals surface area (Å²) in [4.78, 5) is 10.6.